The van der Waals surface area contributed by atoms with Gasteiger partial charge in [-0.15, -0.1) is 0 Å². The molecule has 2 aromatic rings. The van der Waals surface area contributed by atoms with E-state index >= 15 is 0 Å². The molecule has 1 aliphatic rings. The average molecular weight is 479 g/mol. The van der Waals surface area contributed by atoms with Gasteiger partial charge >= 0.3 is 5.97 Å². The van der Waals surface area contributed by atoms with Crippen molar-refractivity contribution >= 4 is 34.9 Å². The SMILES string of the molecule is CCCC(=O)OC[C@H](O)CN(Cc1cccc(Cl)c1)C[C@@H]1CC(c2ccc(Cl)cc2)=NO1. The highest BCUT2D eigenvalue weighted by Gasteiger charge is 2.26. The van der Waals surface area contributed by atoms with E-state index in [9.17, 15) is 9.90 Å². The molecule has 0 saturated heterocycles. The molecule has 0 spiro atoms. The molecule has 0 aromatic heterocycles. The second-order valence-electron chi connectivity index (χ2n) is 7.89. The monoisotopic (exact) mass is 478 g/mol. The number of ether oxygens (including phenoxy) is 1. The van der Waals surface area contributed by atoms with Crippen molar-refractivity contribution in [2.45, 2.75) is 44.9 Å². The summed E-state index contributed by atoms with van der Waals surface area (Å²) in [5.74, 6) is -0.298. The summed E-state index contributed by atoms with van der Waals surface area (Å²) in [7, 11) is 0. The molecule has 172 valence electrons. The minimum atomic E-state index is -0.812. The molecule has 1 aliphatic heterocycles. The first-order chi connectivity index (χ1) is 15.4. The lowest BCUT2D eigenvalue weighted by Crippen LogP contribution is -2.39. The van der Waals surface area contributed by atoms with Gasteiger partial charge in [0.15, 0.2) is 0 Å². The third-order valence-electron chi connectivity index (χ3n) is 5.03. The van der Waals surface area contributed by atoms with Gasteiger partial charge in [-0.2, -0.15) is 0 Å². The molecule has 0 amide bonds. The van der Waals surface area contributed by atoms with Gasteiger partial charge in [0.1, 0.15) is 18.8 Å². The lowest BCUT2D eigenvalue weighted by atomic mass is 10.0. The van der Waals surface area contributed by atoms with Crippen LogP contribution in [0.4, 0.5) is 0 Å². The van der Waals surface area contributed by atoms with Crippen molar-refractivity contribution < 1.29 is 19.5 Å². The standard InChI is InChI=1S/C24H28Cl2N2O4/c1-2-4-24(30)31-16-21(29)14-28(13-17-5-3-6-20(26)11-17)15-22-12-23(27-32-22)18-7-9-19(25)10-8-18/h3,5-11,21-22,29H,2,4,12-16H2,1H3/t21-,22+/m1/s1. The fourth-order valence-corrected chi connectivity index (χ4v) is 3.88. The molecule has 3 rings (SSSR count). The maximum Gasteiger partial charge on any atom is 0.305 e. The Hall–Kier alpha value is -2.12. The maximum atomic E-state index is 11.6. The van der Waals surface area contributed by atoms with Crippen molar-refractivity contribution in [3.63, 3.8) is 0 Å². The van der Waals surface area contributed by atoms with E-state index in [0.29, 0.717) is 48.9 Å². The Labute approximate surface area is 198 Å². The summed E-state index contributed by atoms with van der Waals surface area (Å²) in [4.78, 5) is 19.4. The quantitative estimate of drug-likeness (QED) is 0.474. The van der Waals surface area contributed by atoms with Crippen LogP contribution >= 0.6 is 23.2 Å². The molecule has 2 aromatic carbocycles. The van der Waals surface area contributed by atoms with E-state index in [1.165, 1.54) is 0 Å². The summed E-state index contributed by atoms with van der Waals surface area (Å²) in [5, 5.41) is 16.0. The Bertz CT molecular complexity index is 920. The van der Waals surface area contributed by atoms with Gasteiger partial charge in [0.25, 0.3) is 0 Å². The number of esters is 1. The highest BCUT2D eigenvalue weighted by Crippen LogP contribution is 2.21. The highest BCUT2D eigenvalue weighted by atomic mass is 35.5. The van der Waals surface area contributed by atoms with Gasteiger partial charge in [0.2, 0.25) is 0 Å². The number of aliphatic hydroxyl groups is 1. The van der Waals surface area contributed by atoms with Crippen LogP contribution in [0.2, 0.25) is 10.0 Å². The fourth-order valence-electron chi connectivity index (χ4n) is 3.54. The largest absolute Gasteiger partial charge is 0.463 e. The number of hydrogen-bond acceptors (Lipinski definition) is 6. The van der Waals surface area contributed by atoms with Gasteiger partial charge in [0.05, 0.1) is 5.71 Å². The number of aliphatic hydroxyl groups excluding tert-OH is 1. The Balaban J connectivity index is 1.60. The van der Waals surface area contributed by atoms with E-state index in [0.717, 1.165) is 16.8 Å². The summed E-state index contributed by atoms with van der Waals surface area (Å²) in [6, 6.07) is 15.1. The van der Waals surface area contributed by atoms with Crippen LogP contribution in [-0.4, -0.2) is 53.6 Å². The van der Waals surface area contributed by atoms with E-state index in [2.05, 4.69) is 10.1 Å². The number of nitrogens with zero attached hydrogens (tertiary/aromatic N) is 2. The third kappa shape index (κ3) is 7.78. The Kier molecular flexibility index (Phi) is 9.36. The molecule has 0 saturated carbocycles. The predicted octanol–water partition coefficient (Wildman–Crippen LogP) is 4.69. The molecule has 1 N–H and O–H groups in total. The first kappa shape index (κ1) is 24.5. The zero-order chi connectivity index (χ0) is 22.9. The topological polar surface area (TPSA) is 71.4 Å². The number of carbonyl (C=O) groups excluding carboxylic acids is 1. The summed E-state index contributed by atoms with van der Waals surface area (Å²) < 4.78 is 5.17. The van der Waals surface area contributed by atoms with E-state index in [1.807, 2.05) is 55.5 Å². The van der Waals surface area contributed by atoms with Gasteiger partial charge in [-0.05, 0) is 41.8 Å². The third-order valence-corrected chi connectivity index (χ3v) is 5.51. The number of hydrogen-bond donors (Lipinski definition) is 1. The second kappa shape index (κ2) is 12.2. The number of rotatable bonds is 11. The molecule has 32 heavy (non-hydrogen) atoms. The molecule has 0 aliphatic carbocycles. The summed E-state index contributed by atoms with van der Waals surface area (Å²) in [6.45, 7) is 3.31. The zero-order valence-corrected chi connectivity index (χ0v) is 19.6. The van der Waals surface area contributed by atoms with Crippen molar-refractivity contribution in [2.75, 3.05) is 19.7 Å². The van der Waals surface area contributed by atoms with Crippen LogP contribution < -0.4 is 0 Å². The lowest BCUT2D eigenvalue weighted by Gasteiger charge is -2.27. The van der Waals surface area contributed by atoms with Gasteiger partial charge in [0, 0.05) is 42.5 Å². The molecular weight excluding hydrogens is 451 g/mol. The highest BCUT2D eigenvalue weighted by molar-refractivity contribution is 6.31. The van der Waals surface area contributed by atoms with E-state index in [1.54, 1.807) is 0 Å². The van der Waals surface area contributed by atoms with Gasteiger partial charge in [-0.25, -0.2) is 0 Å². The molecule has 6 nitrogen and oxygen atoms in total. The summed E-state index contributed by atoms with van der Waals surface area (Å²) in [6.07, 6.45) is 0.738. The second-order valence-corrected chi connectivity index (χ2v) is 8.76. The Morgan fingerprint density at radius 3 is 2.75 bits per heavy atom. The Morgan fingerprint density at radius 1 is 1.25 bits per heavy atom. The van der Waals surface area contributed by atoms with Gasteiger partial charge in [-0.3, -0.25) is 9.69 Å². The molecule has 0 unspecified atom stereocenters. The van der Waals surface area contributed by atoms with Crippen molar-refractivity contribution in [3.8, 4) is 0 Å². The van der Waals surface area contributed by atoms with E-state index in [4.69, 9.17) is 32.8 Å². The molecule has 0 fully saturated rings. The zero-order valence-electron chi connectivity index (χ0n) is 18.0. The minimum absolute atomic E-state index is 0.0388. The predicted molar refractivity (Wildman–Crippen MR) is 126 cm³/mol. The van der Waals surface area contributed by atoms with Crippen LogP contribution in [0, 0.1) is 0 Å². The van der Waals surface area contributed by atoms with Crippen molar-refractivity contribution in [2.24, 2.45) is 5.16 Å². The molecule has 1 heterocycles. The van der Waals surface area contributed by atoms with Crippen LogP contribution in [0.15, 0.2) is 53.7 Å². The summed E-state index contributed by atoms with van der Waals surface area (Å²) >= 11 is 12.1. The van der Waals surface area contributed by atoms with E-state index < -0.39 is 6.10 Å². The van der Waals surface area contributed by atoms with Crippen LogP contribution in [0.5, 0.6) is 0 Å². The number of halogens is 2. The first-order valence-electron chi connectivity index (χ1n) is 10.7. The normalized spacial score (nSPS) is 16.5. The molecule has 2 atom stereocenters. The van der Waals surface area contributed by atoms with Gasteiger partial charge < -0.3 is 14.7 Å². The summed E-state index contributed by atoms with van der Waals surface area (Å²) in [5.41, 5.74) is 2.86. The van der Waals surface area contributed by atoms with E-state index in [-0.39, 0.29) is 18.7 Å². The lowest BCUT2D eigenvalue weighted by molar-refractivity contribution is -0.147. The number of benzene rings is 2. The van der Waals surface area contributed by atoms with Crippen LogP contribution in [-0.2, 0) is 20.9 Å². The number of oxime groups is 1. The smallest absolute Gasteiger partial charge is 0.305 e. The van der Waals surface area contributed by atoms with Crippen LogP contribution in [0.3, 0.4) is 0 Å². The Morgan fingerprint density at radius 2 is 2.03 bits per heavy atom. The fraction of sp³-hybridized carbons (Fsp3) is 0.417. The molecular formula is C24H28Cl2N2O4. The minimum Gasteiger partial charge on any atom is -0.463 e. The molecule has 0 bridgehead atoms. The average Bonchev–Trinajstić information content (AvgIpc) is 3.21. The van der Waals surface area contributed by atoms with Gasteiger partial charge in [-0.1, -0.05) is 59.5 Å². The van der Waals surface area contributed by atoms with Crippen LogP contribution in [0.1, 0.15) is 37.3 Å². The van der Waals surface area contributed by atoms with Crippen molar-refractivity contribution in [1.82, 2.24) is 4.90 Å². The molecule has 0 radical (unpaired) electrons. The van der Waals surface area contributed by atoms with Crippen molar-refractivity contribution in [3.05, 3.63) is 69.7 Å². The maximum absolute atomic E-state index is 11.6. The van der Waals surface area contributed by atoms with Crippen LogP contribution in [0.25, 0.3) is 0 Å². The number of carbonyl (C=O) groups is 1. The molecule has 8 heteroatoms. The van der Waals surface area contributed by atoms with Crippen molar-refractivity contribution in [1.29, 1.82) is 0 Å². The first-order valence-corrected chi connectivity index (χ1v) is 11.5.